The number of rotatable bonds is 4. The Kier molecular flexibility index (Phi) is 5.84. The van der Waals surface area contributed by atoms with E-state index in [0.29, 0.717) is 3.57 Å². The number of hydrogen-bond acceptors (Lipinski definition) is 4. The van der Waals surface area contributed by atoms with Gasteiger partial charge in [0.15, 0.2) is 16.7 Å². The van der Waals surface area contributed by atoms with E-state index in [1.54, 1.807) is 6.07 Å². The third-order valence-electron chi connectivity index (χ3n) is 1.74. The van der Waals surface area contributed by atoms with Gasteiger partial charge in [-0.25, -0.2) is 8.42 Å². The fraction of sp³-hybridized carbons (Fsp3) is 0.250. The maximum atomic E-state index is 12.9. The van der Waals surface area contributed by atoms with E-state index in [4.69, 9.17) is 4.74 Å². The van der Waals surface area contributed by atoms with Crippen LogP contribution in [0.25, 0.3) is 0 Å². The average molecular weight is 615 g/mol. The van der Waals surface area contributed by atoms with E-state index in [1.807, 2.05) is 45.2 Å². The van der Waals surface area contributed by atoms with Gasteiger partial charge in [-0.05, 0) is 79.9 Å². The topological polar surface area (TPSA) is 66.4 Å². The van der Waals surface area contributed by atoms with Crippen molar-refractivity contribution in [2.75, 3.05) is 6.61 Å². The van der Waals surface area contributed by atoms with E-state index in [-0.39, 0.29) is 5.75 Å². The first-order chi connectivity index (χ1) is 8.04. The fourth-order valence-corrected chi connectivity index (χ4v) is 3.18. The molecule has 0 aliphatic rings. The van der Waals surface area contributed by atoms with E-state index < -0.39 is 22.0 Å². The van der Waals surface area contributed by atoms with Crippen LogP contribution in [0.3, 0.4) is 0 Å². The van der Waals surface area contributed by atoms with Crippen molar-refractivity contribution in [2.45, 2.75) is 5.25 Å². The summed E-state index contributed by atoms with van der Waals surface area (Å²) in [5, 5.41) is -4.44. The van der Waals surface area contributed by atoms with Crippen LogP contribution in [0, 0.1) is 10.7 Å². The van der Waals surface area contributed by atoms with Crippen LogP contribution in [0.5, 0.6) is 5.75 Å². The van der Waals surface area contributed by atoms with Crippen LogP contribution < -0.4 is 4.74 Å². The van der Waals surface area contributed by atoms with Gasteiger partial charge in [0, 0.05) is 7.14 Å². The fourth-order valence-electron chi connectivity index (χ4n) is 0.849. The van der Waals surface area contributed by atoms with E-state index in [1.165, 1.54) is 6.07 Å². The van der Waals surface area contributed by atoms with Gasteiger partial charge < -0.3 is 9.29 Å². The highest BCUT2D eigenvalue weighted by Crippen LogP contribution is 2.29. The lowest BCUT2D eigenvalue weighted by molar-refractivity contribution is 0.0276. The molecule has 0 saturated heterocycles. The minimum absolute atomic E-state index is 0.115. The summed E-state index contributed by atoms with van der Waals surface area (Å²) in [4.78, 5) is 0. The van der Waals surface area contributed by atoms with E-state index in [9.17, 15) is 21.8 Å². The molecule has 0 spiro atoms. The third-order valence-corrected chi connectivity index (χ3v) is 6.25. The molecule has 1 aromatic carbocycles. The summed E-state index contributed by atoms with van der Waals surface area (Å²) in [6.07, 6.45) is 0. The van der Waals surface area contributed by atoms with Crippen molar-refractivity contribution >= 4 is 77.9 Å². The first-order valence-corrected chi connectivity index (χ1v) is 8.79. The summed E-state index contributed by atoms with van der Waals surface area (Å²) in [6.45, 7) is -1.49. The zero-order valence-electron chi connectivity index (χ0n) is 8.29. The summed E-state index contributed by atoms with van der Waals surface area (Å²) < 4.78 is 63.6. The van der Waals surface area contributed by atoms with Crippen molar-refractivity contribution in [3.63, 3.8) is 0 Å². The molecule has 0 bridgehead atoms. The van der Waals surface area contributed by atoms with Gasteiger partial charge in [0.1, 0.15) is 5.75 Å². The molecule has 4 nitrogen and oxygen atoms in total. The van der Waals surface area contributed by atoms with E-state index >= 15 is 0 Å². The number of halogens is 5. The van der Waals surface area contributed by atoms with Crippen LogP contribution in [0.2, 0.25) is 0 Å². The molecule has 1 aromatic rings. The predicted octanol–water partition coefficient (Wildman–Crippen LogP) is 3.02. The van der Waals surface area contributed by atoms with Gasteiger partial charge in [-0.3, -0.25) is 0 Å². The summed E-state index contributed by atoms with van der Waals surface area (Å²) >= 11 is 5.92. The molecule has 0 N–H and O–H groups in total. The van der Waals surface area contributed by atoms with Crippen LogP contribution in [-0.2, 0) is 10.1 Å². The Morgan fingerprint density at radius 1 is 1.17 bits per heavy atom. The monoisotopic (exact) mass is 615 g/mol. The van der Waals surface area contributed by atoms with Gasteiger partial charge in [-0.15, -0.1) is 0 Å². The van der Waals surface area contributed by atoms with Crippen molar-refractivity contribution in [3.8, 4) is 5.75 Å². The second-order valence-corrected chi connectivity index (χ2v) is 8.07. The zero-order valence-corrected chi connectivity index (χ0v) is 15.6. The normalized spacial score (nSPS) is 12.6. The number of hydrogen-bond donors (Lipinski definition) is 0. The standard InChI is InChI=1S/C8H5F2I3O4S/c9-8(10,18(14,15)16)3-17-7-2-5(12)4(11)1-6(7)13/h1-2H,3H2,(H,14,15,16)/p-1. The van der Waals surface area contributed by atoms with E-state index in [0.717, 1.165) is 7.14 Å². The minimum atomic E-state index is -5.72. The molecule has 0 aliphatic heterocycles. The smallest absolute Gasteiger partial charge is 0.367 e. The first kappa shape index (κ1) is 17.0. The lowest BCUT2D eigenvalue weighted by atomic mass is 10.3. The Hall–Kier alpha value is 0.980. The molecule has 0 fully saturated rings. The average Bonchev–Trinajstić information content (AvgIpc) is 2.20. The minimum Gasteiger partial charge on any atom is -0.743 e. The molecule has 102 valence electrons. The molecular formula is C8H4F2I3O4S-. The van der Waals surface area contributed by atoms with Crippen LogP contribution in [-0.4, -0.2) is 24.8 Å². The Labute approximate surface area is 143 Å². The first-order valence-electron chi connectivity index (χ1n) is 4.15. The molecule has 0 aromatic heterocycles. The molecule has 0 aliphatic carbocycles. The molecule has 0 radical (unpaired) electrons. The summed E-state index contributed by atoms with van der Waals surface area (Å²) in [7, 11) is -5.72. The molecule has 18 heavy (non-hydrogen) atoms. The van der Waals surface area contributed by atoms with Gasteiger partial charge in [0.05, 0.1) is 3.57 Å². The van der Waals surface area contributed by atoms with E-state index in [2.05, 4.69) is 22.6 Å². The third kappa shape index (κ3) is 4.24. The molecule has 0 unspecified atom stereocenters. The Morgan fingerprint density at radius 2 is 1.67 bits per heavy atom. The zero-order chi connectivity index (χ0) is 14.1. The summed E-state index contributed by atoms with van der Waals surface area (Å²) in [6, 6.07) is 3.19. The number of ether oxygens (including phenoxy) is 1. The van der Waals surface area contributed by atoms with Crippen LogP contribution in [0.1, 0.15) is 0 Å². The second kappa shape index (κ2) is 6.17. The van der Waals surface area contributed by atoms with Gasteiger partial charge in [0.25, 0.3) is 0 Å². The van der Waals surface area contributed by atoms with Crippen LogP contribution >= 0.6 is 67.8 Å². The summed E-state index contributed by atoms with van der Waals surface area (Å²) in [5.41, 5.74) is 0. The SMILES string of the molecule is O=S(=O)([O-])C(F)(F)COc1cc(I)c(I)cc1I. The van der Waals surface area contributed by atoms with Crippen LogP contribution in [0.15, 0.2) is 12.1 Å². The number of alkyl halides is 2. The van der Waals surface area contributed by atoms with Crippen molar-refractivity contribution < 1.29 is 26.5 Å². The molecule has 0 heterocycles. The highest BCUT2D eigenvalue weighted by Gasteiger charge is 2.38. The van der Waals surface area contributed by atoms with Gasteiger partial charge >= 0.3 is 5.25 Å². The highest BCUT2D eigenvalue weighted by molar-refractivity contribution is 14.1. The largest absolute Gasteiger partial charge is 0.743 e. The lowest BCUT2D eigenvalue weighted by Crippen LogP contribution is -2.35. The quantitative estimate of drug-likeness (QED) is 0.297. The maximum absolute atomic E-state index is 12.9. The Morgan fingerprint density at radius 3 is 2.17 bits per heavy atom. The molecule has 1 rings (SSSR count). The second-order valence-electron chi connectivity index (χ2n) is 3.08. The van der Waals surface area contributed by atoms with Gasteiger partial charge in [-0.1, -0.05) is 0 Å². The Bertz CT molecular complexity index is 562. The van der Waals surface area contributed by atoms with Crippen LogP contribution in [0.4, 0.5) is 8.78 Å². The molecular weight excluding hydrogens is 611 g/mol. The predicted molar refractivity (Wildman–Crippen MR) is 84.7 cm³/mol. The Balaban J connectivity index is 2.91. The summed E-state index contributed by atoms with van der Waals surface area (Å²) in [5.74, 6) is 0.115. The highest BCUT2D eigenvalue weighted by atomic mass is 127. The van der Waals surface area contributed by atoms with Gasteiger partial charge in [0.2, 0.25) is 0 Å². The van der Waals surface area contributed by atoms with Crippen molar-refractivity contribution in [1.82, 2.24) is 0 Å². The van der Waals surface area contributed by atoms with Crippen molar-refractivity contribution in [2.24, 2.45) is 0 Å². The van der Waals surface area contributed by atoms with Crippen molar-refractivity contribution in [1.29, 1.82) is 0 Å². The number of benzene rings is 1. The maximum Gasteiger partial charge on any atom is 0.367 e. The van der Waals surface area contributed by atoms with Gasteiger partial charge in [-0.2, -0.15) is 8.78 Å². The lowest BCUT2D eigenvalue weighted by Gasteiger charge is -2.20. The molecule has 0 amide bonds. The molecule has 10 heteroatoms. The molecule has 0 saturated carbocycles. The van der Waals surface area contributed by atoms with Crippen molar-refractivity contribution in [3.05, 3.63) is 22.8 Å². The molecule has 0 atom stereocenters.